The molecule has 1 rings (SSSR count). The number of carboxylic acid groups (broad SMARTS) is 1. The van der Waals surface area contributed by atoms with E-state index >= 15 is 0 Å². The summed E-state index contributed by atoms with van der Waals surface area (Å²) >= 11 is 0. The average molecular weight is 320 g/mol. The number of carboxylic acids is 1. The van der Waals surface area contributed by atoms with E-state index in [4.69, 9.17) is 14.6 Å². The number of benzene rings is 1. The van der Waals surface area contributed by atoms with E-state index in [-0.39, 0.29) is 5.92 Å². The van der Waals surface area contributed by atoms with Crippen LogP contribution in [0.2, 0.25) is 0 Å². The highest BCUT2D eigenvalue weighted by atomic mass is 16.7. The van der Waals surface area contributed by atoms with E-state index in [1.165, 1.54) is 6.42 Å². The van der Waals surface area contributed by atoms with Gasteiger partial charge in [0.15, 0.2) is 5.79 Å². The molecular weight excluding hydrogens is 292 g/mol. The lowest BCUT2D eigenvalue weighted by atomic mass is 9.85. The summed E-state index contributed by atoms with van der Waals surface area (Å²) in [4.78, 5) is 10.7. The summed E-state index contributed by atoms with van der Waals surface area (Å²) in [6.45, 7) is 4.13. The van der Waals surface area contributed by atoms with Gasteiger partial charge in [-0.1, -0.05) is 50.5 Å². The standard InChI is InChI=1S/C19H28O4/c1-5-6-7-11-17(19(2,22-3)23-4)16-10-8-9-15(14-16)12-13-18(20)21/h8-10,12-14,17H,5-7,11H2,1-4H3,(H,20,21)/b13-12+. The zero-order valence-electron chi connectivity index (χ0n) is 14.5. The highest BCUT2D eigenvalue weighted by Crippen LogP contribution is 2.36. The predicted octanol–water partition coefficient (Wildman–Crippen LogP) is 4.46. The Balaban J connectivity index is 3.10. The van der Waals surface area contributed by atoms with E-state index in [0.29, 0.717) is 0 Å². The maximum atomic E-state index is 10.7. The van der Waals surface area contributed by atoms with Crippen LogP contribution in [0.25, 0.3) is 6.08 Å². The molecule has 1 atom stereocenters. The first-order valence-electron chi connectivity index (χ1n) is 8.08. The summed E-state index contributed by atoms with van der Waals surface area (Å²) in [6, 6.07) is 7.88. The fourth-order valence-corrected chi connectivity index (χ4v) is 2.74. The Bertz CT molecular complexity index is 518. The molecule has 128 valence electrons. The van der Waals surface area contributed by atoms with Gasteiger partial charge in [-0.25, -0.2) is 4.79 Å². The second-order valence-electron chi connectivity index (χ2n) is 5.81. The molecule has 4 heteroatoms. The molecule has 1 aromatic rings. The SMILES string of the molecule is CCCCCC(c1cccc(/C=C/C(=O)O)c1)C(C)(OC)OC. The van der Waals surface area contributed by atoms with Crippen molar-refractivity contribution in [1.82, 2.24) is 0 Å². The minimum atomic E-state index is -0.950. The van der Waals surface area contributed by atoms with E-state index in [1.54, 1.807) is 20.3 Å². The molecule has 0 amide bonds. The van der Waals surface area contributed by atoms with Crippen molar-refractivity contribution in [3.8, 4) is 0 Å². The van der Waals surface area contributed by atoms with Gasteiger partial charge < -0.3 is 14.6 Å². The summed E-state index contributed by atoms with van der Waals surface area (Å²) in [5.74, 6) is -1.57. The number of ether oxygens (including phenoxy) is 2. The molecule has 0 heterocycles. The molecular formula is C19H28O4. The van der Waals surface area contributed by atoms with Crippen LogP contribution in [0.1, 0.15) is 56.6 Å². The van der Waals surface area contributed by atoms with Crippen LogP contribution in [0, 0.1) is 0 Å². The molecule has 0 saturated heterocycles. The van der Waals surface area contributed by atoms with Crippen molar-refractivity contribution in [2.45, 2.75) is 51.2 Å². The van der Waals surface area contributed by atoms with Gasteiger partial charge in [0.05, 0.1) is 0 Å². The second kappa shape index (κ2) is 9.48. The number of hydrogen-bond acceptors (Lipinski definition) is 3. The first-order chi connectivity index (χ1) is 11.0. The van der Waals surface area contributed by atoms with Gasteiger partial charge in [0, 0.05) is 26.2 Å². The fraction of sp³-hybridized carbons (Fsp3) is 0.526. The van der Waals surface area contributed by atoms with E-state index in [1.807, 2.05) is 31.2 Å². The topological polar surface area (TPSA) is 55.8 Å². The van der Waals surface area contributed by atoms with E-state index in [0.717, 1.165) is 36.5 Å². The van der Waals surface area contributed by atoms with Crippen molar-refractivity contribution < 1.29 is 19.4 Å². The molecule has 0 fully saturated rings. The number of hydrogen-bond donors (Lipinski definition) is 1. The van der Waals surface area contributed by atoms with Crippen LogP contribution in [-0.2, 0) is 14.3 Å². The van der Waals surface area contributed by atoms with Crippen LogP contribution in [0.3, 0.4) is 0 Å². The van der Waals surface area contributed by atoms with Crippen molar-refractivity contribution in [3.63, 3.8) is 0 Å². The monoisotopic (exact) mass is 320 g/mol. The van der Waals surface area contributed by atoms with Gasteiger partial charge in [0.2, 0.25) is 0 Å². The highest BCUT2D eigenvalue weighted by molar-refractivity contribution is 5.85. The lowest BCUT2D eigenvalue weighted by molar-refractivity contribution is -0.210. The summed E-state index contributed by atoms with van der Waals surface area (Å²) < 4.78 is 11.3. The van der Waals surface area contributed by atoms with Gasteiger partial charge in [-0.2, -0.15) is 0 Å². The molecule has 1 unspecified atom stereocenters. The van der Waals surface area contributed by atoms with Crippen molar-refractivity contribution >= 4 is 12.0 Å². The third kappa shape index (κ3) is 5.81. The summed E-state index contributed by atoms with van der Waals surface area (Å²) in [6.07, 6.45) is 7.13. The molecule has 0 aliphatic rings. The van der Waals surface area contributed by atoms with Crippen LogP contribution in [0.15, 0.2) is 30.3 Å². The van der Waals surface area contributed by atoms with E-state index in [9.17, 15) is 4.79 Å². The zero-order chi connectivity index (χ0) is 17.3. The molecule has 4 nitrogen and oxygen atoms in total. The molecule has 0 bridgehead atoms. The summed E-state index contributed by atoms with van der Waals surface area (Å²) in [5, 5.41) is 8.78. The number of carbonyl (C=O) groups is 1. The first-order valence-corrected chi connectivity index (χ1v) is 8.08. The Labute approximate surface area is 139 Å². The van der Waals surface area contributed by atoms with Crippen LogP contribution in [0.5, 0.6) is 0 Å². The van der Waals surface area contributed by atoms with Gasteiger partial charge in [-0.15, -0.1) is 0 Å². The van der Waals surface area contributed by atoms with Crippen LogP contribution in [-0.4, -0.2) is 31.1 Å². The predicted molar refractivity (Wildman–Crippen MR) is 92.4 cm³/mol. The Hall–Kier alpha value is -1.65. The Kier molecular flexibility index (Phi) is 8.00. The number of unbranched alkanes of at least 4 members (excludes halogenated alkanes) is 2. The second-order valence-corrected chi connectivity index (χ2v) is 5.81. The molecule has 0 aliphatic carbocycles. The van der Waals surface area contributed by atoms with Crippen molar-refractivity contribution in [2.75, 3.05) is 14.2 Å². The summed E-state index contributed by atoms with van der Waals surface area (Å²) in [5.41, 5.74) is 1.96. The van der Waals surface area contributed by atoms with Crippen molar-refractivity contribution in [1.29, 1.82) is 0 Å². The number of aliphatic carboxylic acids is 1. The normalized spacial score (nSPS) is 13.4. The average Bonchev–Trinajstić information content (AvgIpc) is 2.56. The van der Waals surface area contributed by atoms with Gasteiger partial charge in [0.25, 0.3) is 0 Å². The first kappa shape index (κ1) is 19.4. The van der Waals surface area contributed by atoms with E-state index in [2.05, 4.69) is 6.92 Å². The molecule has 0 aliphatic heterocycles. The minimum Gasteiger partial charge on any atom is -0.478 e. The number of rotatable bonds is 10. The Morgan fingerprint density at radius 2 is 2.00 bits per heavy atom. The highest BCUT2D eigenvalue weighted by Gasteiger charge is 2.35. The van der Waals surface area contributed by atoms with Gasteiger partial charge >= 0.3 is 5.97 Å². The molecule has 23 heavy (non-hydrogen) atoms. The van der Waals surface area contributed by atoms with Gasteiger partial charge in [-0.05, 0) is 30.5 Å². The molecule has 0 aromatic heterocycles. The molecule has 0 radical (unpaired) electrons. The third-order valence-electron chi connectivity index (χ3n) is 4.27. The smallest absolute Gasteiger partial charge is 0.328 e. The fourth-order valence-electron chi connectivity index (χ4n) is 2.74. The van der Waals surface area contributed by atoms with Crippen LogP contribution in [0.4, 0.5) is 0 Å². The van der Waals surface area contributed by atoms with Crippen LogP contribution >= 0.6 is 0 Å². The molecule has 0 spiro atoms. The third-order valence-corrected chi connectivity index (χ3v) is 4.27. The maximum absolute atomic E-state index is 10.7. The minimum absolute atomic E-state index is 0.0854. The van der Waals surface area contributed by atoms with Crippen molar-refractivity contribution in [3.05, 3.63) is 41.5 Å². The van der Waals surface area contributed by atoms with E-state index < -0.39 is 11.8 Å². The summed E-state index contributed by atoms with van der Waals surface area (Å²) in [7, 11) is 3.31. The zero-order valence-corrected chi connectivity index (χ0v) is 14.5. The lowest BCUT2D eigenvalue weighted by Gasteiger charge is -2.35. The largest absolute Gasteiger partial charge is 0.478 e. The van der Waals surface area contributed by atoms with Gasteiger partial charge in [0.1, 0.15) is 0 Å². The quantitative estimate of drug-likeness (QED) is 0.393. The molecule has 1 N–H and O–H groups in total. The maximum Gasteiger partial charge on any atom is 0.328 e. The molecule has 1 aromatic carbocycles. The number of methoxy groups -OCH3 is 2. The van der Waals surface area contributed by atoms with Crippen LogP contribution < -0.4 is 0 Å². The van der Waals surface area contributed by atoms with Gasteiger partial charge in [-0.3, -0.25) is 0 Å². The Morgan fingerprint density at radius 3 is 2.57 bits per heavy atom. The lowest BCUT2D eigenvalue weighted by Crippen LogP contribution is -2.37. The molecule has 0 saturated carbocycles. The van der Waals surface area contributed by atoms with Crippen molar-refractivity contribution in [2.24, 2.45) is 0 Å². The Morgan fingerprint density at radius 1 is 1.30 bits per heavy atom.